The molecule has 2 amide bonds. The SMILES string of the molecule is CNC(=O)[C@@H](C)N(Cc1ccc(Cl)cc1Cl)C(=O)CN(c1cccc(Cl)c1)S(=O)(=O)c1ccc(C)cc1. The first-order chi connectivity index (χ1) is 17.4. The number of aryl methyl sites for hydroxylation is 1. The normalized spacial score (nSPS) is 12.1. The van der Waals surface area contributed by atoms with E-state index in [1.54, 1.807) is 49.4 Å². The van der Waals surface area contributed by atoms with E-state index in [2.05, 4.69) is 5.32 Å². The highest BCUT2D eigenvalue weighted by atomic mass is 35.5. The van der Waals surface area contributed by atoms with Crippen molar-refractivity contribution in [1.82, 2.24) is 10.2 Å². The van der Waals surface area contributed by atoms with Crippen molar-refractivity contribution in [3.63, 3.8) is 0 Å². The van der Waals surface area contributed by atoms with E-state index in [4.69, 9.17) is 34.8 Å². The number of sulfonamides is 1. The number of carbonyl (C=O) groups is 2. The van der Waals surface area contributed by atoms with Crippen LogP contribution in [0.4, 0.5) is 5.69 Å². The molecule has 7 nitrogen and oxygen atoms in total. The summed E-state index contributed by atoms with van der Waals surface area (Å²) in [6, 6.07) is 16.4. The van der Waals surface area contributed by atoms with Gasteiger partial charge in [-0.3, -0.25) is 13.9 Å². The third kappa shape index (κ3) is 6.96. The van der Waals surface area contributed by atoms with E-state index in [9.17, 15) is 18.0 Å². The number of nitrogens with zero attached hydrogens (tertiary/aromatic N) is 2. The van der Waals surface area contributed by atoms with Crippen molar-refractivity contribution in [1.29, 1.82) is 0 Å². The summed E-state index contributed by atoms with van der Waals surface area (Å²) in [4.78, 5) is 27.5. The van der Waals surface area contributed by atoms with Gasteiger partial charge in [0.05, 0.1) is 10.6 Å². The van der Waals surface area contributed by atoms with Crippen LogP contribution in [0.3, 0.4) is 0 Å². The Kier molecular flexibility index (Phi) is 9.47. The molecule has 11 heteroatoms. The van der Waals surface area contributed by atoms with Crippen molar-refractivity contribution in [3.8, 4) is 0 Å². The second kappa shape index (κ2) is 12.2. The van der Waals surface area contributed by atoms with Crippen molar-refractivity contribution >= 4 is 62.3 Å². The van der Waals surface area contributed by atoms with Gasteiger partial charge in [-0.2, -0.15) is 0 Å². The number of anilines is 1. The van der Waals surface area contributed by atoms with E-state index in [0.29, 0.717) is 20.6 Å². The summed E-state index contributed by atoms with van der Waals surface area (Å²) < 4.78 is 28.4. The molecule has 1 N–H and O–H groups in total. The molecule has 3 aromatic carbocycles. The Labute approximate surface area is 232 Å². The van der Waals surface area contributed by atoms with E-state index < -0.39 is 34.4 Å². The molecule has 0 aliphatic carbocycles. The lowest BCUT2D eigenvalue weighted by Crippen LogP contribution is -2.50. The van der Waals surface area contributed by atoms with Gasteiger partial charge in [0.15, 0.2) is 0 Å². The molecular weight excluding hydrogens is 557 g/mol. The van der Waals surface area contributed by atoms with E-state index in [-0.39, 0.29) is 17.1 Å². The number of benzene rings is 3. The van der Waals surface area contributed by atoms with Crippen LogP contribution in [0.15, 0.2) is 71.6 Å². The summed E-state index contributed by atoms with van der Waals surface area (Å²) in [6.07, 6.45) is 0. The van der Waals surface area contributed by atoms with Crippen LogP contribution in [0.25, 0.3) is 0 Å². The number of hydrogen-bond donors (Lipinski definition) is 1. The monoisotopic (exact) mass is 581 g/mol. The molecule has 0 unspecified atom stereocenters. The van der Waals surface area contributed by atoms with Crippen molar-refractivity contribution in [2.75, 3.05) is 17.9 Å². The van der Waals surface area contributed by atoms with Crippen LogP contribution < -0.4 is 9.62 Å². The minimum Gasteiger partial charge on any atom is -0.357 e. The molecule has 0 saturated heterocycles. The Balaban J connectivity index is 2.05. The third-order valence-electron chi connectivity index (χ3n) is 5.75. The van der Waals surface area contributed by atoms with Gasteiger partial charge < -0.3 is 10.2 Å². The number of rotatable bonds is 9. The molecule has 0 saturated carbocycles. The molecule has 3 aromatic rings. The van der Waals surface area contributed by atoms with Crippen LogP contribution in [0, 0.1) is 6.92 Å². The first-order valence-electron chi connectivity index (χ1n) is 11.2. The topological polar surface area (TPSA) is 86.8 Å². The Morgan fingerprint density at radius 1 is 0.946 bits per heavy atom. The van der Waals surface area contributed by atoms with Gasteiger partial charge in [0.2, 0.25) is 11.8 Å². The number of nitrogens with one attached hydrogen (secondary N) is 1. The van der Waals surface area contributed by atoms with Crippen molar-refractivity contribution < 1.29 is 18.0 Å². The van der Waals surface area contributed by atoms with Crippen molar-refractivity contribution in [2.45, 2.75) is 31.3 Å². The predicted octanol–water partition coefficient (Wildman–Crippen LogP) is 5.31. The van der Waals surface area contributed by atoms with Gasteiger partial charge >= 0.3 is 0 Å². The van der Waals surface area contributed by atoms with Crippen LogP contribution >= 0.6 is 34.8 Å². The molecule has 0 spiro atoms. The van der Waals surface area contributed by atoms with Crippen LogP contribution in [0.1, 0.15) is 18.1 Å². The summed E-state index contributed by atoms with van der Waals surface area (Å²) in [5, 5.41) is 3.56. The molecule has 37 heavy (non-hydrogen) atoms. The fraction of sp³-hybridized carbons (Fsp3) is 0.231. The summed E-state index contributed by atoms with van der Waals surface area (Å²) in [5.74, 6) is -1.04. The van der Waals surface area contributed by atoms with E-state index in [0.717, 1.165) is 9.87 Å². The van der Waals surface area contributed by atoms with Gasteiger partial charge in [0, 0.05) is 28.7 Å². The zero-order chi connectivity index (χ0) is 27.3. The van der Waals surface area contributed by atoms with Crippen molar-refractivity contribution in [2.24, 2.45) is 0 Å². The predicted molar refractivity (Wildman–Crippen MR) is 148 cm³/mol. The lowest BCUT2D eigenvalue weighted by Gasteiger charge is -2.32. The molecule has 0 aliphatic rings. The molecule has 0 aromatic heterocycles. The maximum Gasteiger partial charge on any atom is 0.264 e. The molecule has 196 valence electrons. The highest BCUT2D eigenvalue weighted by Crippen LogP contribution is 2.28. The fourth-order valence-electron chi connectivity index (χ4n) is 3.62. The Bertz CT molecular complexity index is 1400. The van der Waals surface area contributed by atoms with Gasteiger partial charge in [-0.1, -0.05) is 64.6 Å². The van der Waals surface area contributed by atoms with Gasteiger partial charge in [0.1, 0.15) is 12.6 Å². The zero-order valence-electron chi connectivity index (χ0n) is 20.4. The first kappa shape index (κ1) is 28.8. The van der Waals surface area contributed by atoms with E-state index in [1.807, 2.05) is 6.92 Å². The average Bonchev–Trinajstić information content (AvgIpc) is 2.86. The summed E-state index contributed by atoms with van der Waals surface area (Å²) >= 11 is 18.5. The number of halogens is 3. The maximum atomic E-state index is 13.7. The molecule has 3 rings (SSSR count). The molecule has 0 bridgehead atoms. The van der Waals surface area contributed by atoms with Crippen molar-refractivity contribution in [3.05, 3.63) is 92.9 Å². The van der Waals surface area contributed by atoms with Gasteiger partial charge in [-0.25, -0.2) is 8.42 Å². The quantitative estimate of drug-likeness (QED) is 0.370. The number of likely N-dealkylation sites (N-methyl/N-ethyl adjacent to an activating group) is 1. The van der Waals surface area contributed by atoms with Crippen LogP contribution in [-0.4, -0.2) is 44.8 Å². The fourth-order valence-corrected chi connectivity index (χ4v) is 5.68. The van der Waals surface area contributed by atoms with E-state index >= 15 is 0 Å². The van der Waals surface area contributed by atoms with Crippen LogP contribution in [0.2, 0.25) is 15.1 Å². The number of carbonyl (C=O) groups excluding carboxylic acids is 2. The Morgan fingerprint density at radius 2 is 1.59 bits per heavy atom. The Morgan fingerprint density at radius 3 is 2.19 bits per heavy atom. The lowest BCUT2D eigenvalue weighted by atomic mass is 10.1. The molecule has 0 radical (unpaired) electrons. The number of amides is 2. The molecule has 0 aliphatic heterocycles. The second-order valence-corrected chi connectivity index (χ2v) is 11.5. The smallest absolute Gasteiger partial charge is 0.264 e. The summed E-state index contributed by atoms with van der Waals surface area (Å²) in [6.45, 7) is 2.77. The highest BCUT2D eigenvalue weighted by Gasteiger charge is 2.32. The molecular formula is C26H26Cl3N3O4S. The average molecular weight is 583 g/mol. The van der Waals surface area contributed by atoms with Gasteiger partial charge in [0.25, 0.3) is 10.0 Å². The largest absolute Gasteiger partial charge is 0.357 e. The minimum atomic E-state index is -4.17. The summed E-state index contributed by atoms with van der Waals surface area (Å²) in [5.41, 5.74) is 1.64. The molecule has 0 heterocycles. The van der Waals surface area contributed by atoms with Gasteiger partial charge in [-0.15, -0.1) is 0 Å². The number of hydrogen-bond acceptors (Lipinski definition) is 4. The van der Waals surface area contributed by atoms with E-state index in [1.165, 1.54) is 36.2 Å². The summed E-state index contributed by atoms with van der Waals surface area (Å²) in [7, 11) is -2.72. The molecule has 1 atom stereocenters. The Hall–Kier alpha value is -2.78. The van der Waals surface area contributed by atoms with Gasteiger partial charge in [-0.05, 0) is 61.9 Å². The second-order valence-electron chi connectivity index (χ2n) is 8.35. The zero-order valence-corrected chi connectivity index (χ0v) is 23.5. The molecule has 0 fully saturated rings. The van der Waals surface area contributed by atoms with Crippen LogP contribution in [-0.2, 0) is 26.2 Å². The highest BCUT2D eigenvalue weighted by molar-refractivity contribution is 7.92. The minimum absolute atomic E-state index is 0.0116. The first-order valence-corrected chi connectivity index (χ1v) is 13.8. The maximum absolute atomic E-state index is 13.7. The lowest BCUT2D eigenvalue weighted by molar-refractivity contribution is -0.139. The standard InChI is InChI=1S/C26H26Cl3N3O4S/c1-17-7-11-23(12-8-17)37(35,36)32(22-6-4-5-20(27)13-22)16-25(33)31(18(2)26(34)30-3)15-19-9-10-21(28)14-24(19)29/h4-14,18H,15-16H2,1-3H3,(H,30,34)/t18-/m1/s1. The third-order valence-corrected chi connectivity index (χ3v) is 8.36. The van der Waals surface area contributed by atoms with Crippen LogP contribution in [0.5, 0.6) is 0 Å².